The molecule has 2 aromatic rings. The predicted molar refractivity (Wildman–Crippen MR) is 82.6 cm³/mol. The zero-order chi connectivity index (χ0) is 15.2. The van der Waals surface area contributed by atoms with Crippen LogP contribution in [0.25, 0.3) is 0 Å². The molecule has 0 spiro atoms. The van der Waals surface area contributed by atoms with Crippen LogP contribution in [0.1, 0.15) is 34.0 Å². The van der Waals surface area contributed by atoms with Gasteiger partial charge in [0.15, 0.2) is 0 Å². The van der Waals surface area contributed by atoms with Gasteiger partial charge in [0.05, 0.1) is 12.2 Å². The van der Waals surface area contributed by atoms with Crippen LogP contribution in [0.15, 0.2) is 42.5 Å². The van der Waals surface area contributed by atoms with Crippen molar-refractivity contribution in [3.63, 3.8) is 0 Å². The number of rotatable bonds is 5. The van der Waals surface area contributed by atoms with E-state index in [2.05, 4.69) is 32.0 Å². The van der Waals surface area contributed by atoms with Crippen LogP contribution in [0, 0.1) is 13.8 Å². The first-order chi connectivity index (χ1) is 10.1. The highest BCUT2D eigenvalue weighted by Crippen LogP contribution is 2.18. The molecule has 0 aromatic heterocycles. The van der Waals surface area contributed by atoms with Crippen molar-refractivity contribution >= 4 is 5.97 Å². The van der Waals surface area contributed by atoms with Crippen LogP contribution in [0.5, 0.6) is 5.75 Å². The Morgan fingerprint density at radius 2 is 1.90 bits per heavy atom. The third kappa shape index (κ3) is 4.09. The Morgan fingerprint density at radius 1 is 1.10 bits per heavy atom. The van der Waals surface area contributed by atoms with Gasteiger partial charge in [0.25, 0.3) is 0 Å². The van der Waals surface area contributed by atoms with E-state index < -0.39 is 0 Å². The van der Waals surface area contributed by atoms with Crippen LogP contribution >= 0.6 is 0 Å². The molecule has 0 aliphatic carbocycles. The molecule has 0 amide bonds. The Labute approximate surface area is 125 Å². The lowest BCUT2D eigenvalue weighted by atomic mass is 10.1. The Kier molecular flexibility index (Phi) is 4.99. The summed E-state index contributed by atoms with van der Waals surface area (Å²) in [6, 6.07) is 13.3. The highest BCUT2D eigenvalue weighted by atomic mass is 16.5. The molecule has 0 heterocycles. The average molecular weight is 284 g/mol. The second kappa shape index (κ2) is 6.93. The first kappa shape index (κ1) is 15.1. The van der Waals surface area contributed by atoms with E-state index in [4.69, 9.17) is 9.47 Å². The molecule has 0 bridgehead atoms. The molecule has 0 aliphatic rings. The van der Waals surface area contributed by atoms with Crippen LogP contribution in [0.3, 0.4) is 0 Å². The van der Waals surface area contributed by atoms with Gasteiger partial charge in [-0.2, -0.15) is 0 Å². The lowest BCUT2D eigenvalue weighted by molar-refractivity contribution is 0.0526. The summed E-state index contributed by atoms with van der Waals surface area (Å²) in [5.74, 6) is 0.343. The molecule has 0 fully saturated rings. The summed E-state index contributed by atoms with van der Waals surface area (Å²) < 4.78 is 10.8. The van der Waals surface area contributed by atoms with Gasteiger partial charge in [-0.3, -0.25) is 0 Å². The smallest absolute Gasteiger partial charge is 0.338 e. The molecule has 0 radical (unpaired) electrons. The maximum absolute atomic E-state index is 11.7. The van der Waals surface area contributed by atoms with Crippen LogP contribution in [0.4, 0.5) is 0 Å². The van der Waals surface area contributed by atoms with Gasteiger partial charge < -0.3 is 9.47 Å². The van der Waals surface area contributed by atoms with Gasteiger partial charge >= 0.3 is 5.97 Å². The summed E-state index contributed by atoms with van der Waals surface area (Å²) in [5, 5.41) is 0. The molecule has 3 heteroatoms. The lowest BCUT2D eigenvalue weighted by Crippen LogP contribution is -2.05. The minimum atomic E-state index is -0.325. The Balaban J connectivity index is 2.06. The molecular weight excluding hydrogens is 264 g/mol. The highest BCUT2D eigenvalue weighted by molar-refractivity contribution is 5.89. The van der Waals surface area contributed by atoms with E-state index in [0.717, 1.165) is 5.56 Å². The van der Waals surface area contributed by atoms with E-state index in [0.29, 0.717) is 24.5 Å². The maximum atomic E-state index is 11.7. The zero-order valence-corrected chi connectivity index (χ0v) is 12.7. The largest absolute Gasteiger partial charge is 0.489 e. The molecule has 110 valence electrons. The minimum absolute atomic E-state index is 0.325. The van der Waals surface area contributed by atoms with Crippen molar-refractivity contribution in [2.24, 2.45) is 0 Å². The number of aryl methyl sites for hydroxylation is 2. The third-order valence-corrected chi connectivity index (χ3v) is 3.24. The Bertz CT molecular complexity index is 632. The molecule has 3 nitrogen and oxygen atoms in total. The van der Waals surface area contributed by atoms with Crippen molar-refractivity contribution in [2.45, 2.75) is 27.4 Å². The maximum Gasteiger partial charge on any atom is 0.338 e. The summed E-state index contributed by atoms with van der Waals surface area (Å²) in [6.07, 6.45) is 0. The second-order valence-electron chi connectivity index (χ2n) is 4.97. The lowest BCUT2D eigenvalue weighted by Gasteiger charge is -2.10. The van der Waals surface area contributed by atoms with Gasteiger partial charge in [-0.15, -0.1) is 0 Å². The van der Waals surface area contributed by atoms with Crippen molar-refractivity contribution in [2.75, 3.05) is 6.61 Å². The van der Waals surface area contributed by atoms with Gasteiger partial charge in [-0.25, -0.2) is 4.79 Å². The van der Waals surface area contributed by atoms with Crippen LogP contribution in [0.2, 0.25) is 0 Å². The second-order valence-corrected chi connectivity index (χ2v) is 4.97. The number of hydrogen-bond acceptors (Lipinski definition) is 3. The van der Waals surface area contributed by atoms with Crippen molar-refractivity contribution in [1.29, 1.82) is 0 Å². The summed E-state index contributed by atoms with van der Waals surface area (Å²) in [4.78, 5) is 11.7. The SMILES string of the molecule is CCOC(=O)c1cccc(OCc2ccc(C)cc2C)c1. The average Bonchev–Trinajstić information content (AvgIpc) is 2.47. The van der Waals surface area contributed by atoms with E-state index >= 15 is 0 Å². The molecule has 0 aliphatic heterocycles. The standard InChI is InChI=1S/C18H20O3/c1-4-20-18(19)15-6-5-7-17(11-15)21-12-16-9-8-13(2)10-14(16)3/h5-11H,4,12H2,1-3H3. The fourth-order valence-electron chi connectivity index (χ4n) is 2.10. The van der Waals surface area contributed by atoms with Gasteiger partial charge in [-0.05, 0) is 50.1 Å². The van der Waals surface area contributed by atoms with E-state index in [1.807, 2.05) is 6.07 Å². The van der Waals surface area contributed by atoms with Crippen LogP contribution in [-0.2, 0) is 11.3 Å². The van der Waals surface area contributed by atoms with Crippen molar-refractivity contribution in [1.82, 2.24) is 0 Å². The first-order valence-electron chi connectivity index (χ1n) is 7.06. The number of benzene rings is 2. The quantitative estimate of drug-likeness (QED) is 0.777. The molecule has 0 saturated heterocycles. The van der Waals surface area contributed by atoms with Crippen molar-refractivity contribution in [3.05, 3.63) is 64.7 Å². The van der Waals surface area contributed by atoms with Gasteiger partial charge in [0.2, 0.25) is 0 Å². The van der Waals surface area contributed by atoms with Crippen molar-refractivity contribution in [3.8, 4) is 5.75 Å². The number of carbonyl (C=O) groups is 1. The number of carbonyl (C=O) groups excluding carboxylic acids is 1. The van der Waals surface area contributed by atoms with E-state index in [-0.39, 0.29) is 5.97 Å². The third-order valence-electron chi connectivity index (χ3n) is 3.24. The van der Waals surface area contributed by atoms with Crippen LogP contribution in [-0.4, -0.2) is 12.6 Å². The number of esters is 1. The number of ether oxygens (including phenoxy) is 2. The molecule has 2 rings (SSSR count). The summed E-state index contributed by atoms with van der Waals surface area (Å²) in [6.45, 7) is 6.78. The molecule has 0 saturated carbocycles. The molecule has 0 unspecified atom stereocenters. The highest BCUT2D eigenvalue weighted by Gasteiger charge is 2.07. The summed E-state index contributed by atoms with van der Waals surface area (Å²) >= 11 is 0. The first-order valence-corrected chi connectivity index (χ1v) is 7.06. The van der Waals surface area contributed by atoms with Crippen LogP contribution < -0.4 is 4.74 Å². The topological polar surface area (TPSA) is 35.5 Å². The number of hydrogen-bond donors (Lipinski definition) is 0. The zero-order valence-electron chi connectivity index (χ0n) is 12.7. The van der Waals surface area contributed by atoms with E-state index in [9.17, 15) is 4.79 Å². The summed E-state index contributed by atoms with van der Waals surface area (Å²) in [5.41, 5.74) is 4.09. The van der Waals surface area contributed by atoms with E-state index in [1.165, 1.54) is 11.1 Å². The minimum Gasteiger partial charge on any atom is -0.489 e. The van der Waals surface area contributed by atoms with Crippen molar-refractivity contribution < 1.29 is 14.3 Å². The van der Waals surface area contributed by atoms with Gasteiger partial charge in [-0.1, -0.05) is 29.8 Å². The normalized spacial score (nSPS) is 10.2. The molecule has 2 aromatic carbocycles. The van der Waals surface area contributed by atoms with E-state index in [1.54, 1.807) is 25.1 Å². The van der Waals surface area contributed by atoms with Gasteiger partial charge in [0, 0.05) is 0 Å². The molecule has 21 heavy (non-hydrogen) atoms. The summed E-state index contributed by atoms with van der Waals surface area (Å²) in [7, 11) is 0. The Morgan fingerprint density at radius 3 is 2.62 bits per heavy atom. The molecule has 0 N–H and O–H groups in total. The molecule has 0 atom stereocenters. The fraction of sp³-hybridized carbons (Fsp3) is 0.278. The monoisotopic (exact) mass is 284 g/mol. The van der Waals surface area contributed by atoms with Gasteiger partial charge in [0.1, 0.15) is 12.4 Å². The fourth-order valence-corrected chi connectivity index (χ4v) is 2.10. The predicted octanol–water partition coefficient (Wildman–Crippen LogP) is 4.06. The Hall–Kier alpha value is -2.29. The molecular formula is C18H20O3.